The Hall–Kier alpha value is -2.30. The van der Waals surface area contributed by atoms with Crippen LogP contribution in [0.2, 0.25) is 0 Å². The van der Waals surface area contributed by atoms with E-state index in [1.54, 1.807) is 19.2 Å². The number of nitrogens with zero attached hydrogens (tertiary/aromatic N) is 1. The molecule has 1 atom stereocenters. The lowest BCUT2D eigenvalue weighted by Crippen LogP contribution is -2.51. The normalized spacial score (nSPS) is 24.9. The van der Waals surface area contributed by atoms with E-state index in [-0.39, 0.29) is 17.2 Å². The van der Waals surface area contributed by atoms with Crippen molar-refractivity contribution in [3.63, 3.8) is 0 Å². The average molecular weight is 368 g/mol. The van der Waals surface area contributed by atoms with Crippen molar-refractivity contribution in [2.45, 2.75) is 44.9 Å². The molecular formula is C22H28N2O3. The second-order valence-corrected chi connectivity index (χ2v) is 8.12. The van der Waals surface area contributed by atoms with Gasteiger partial charge >= 0.3 is 0 Å². The van der Waals surface area contributed by atoms with Crippen LogP contribution in [0.25, 0.3) is 0 Å². The predicted octanol–water partition coefficient (Wildman–Crippen LogP) is 3.51. The van der Waals surface area contributed by atoms with E-state index in [4.69, 9.17) is 4.74 Å². The number of carbonyl (C=O) groups excluding carboxylic acids is 2. The fraction of sp³-hybridized carbons (Fsp3) is 0.545. The number of piperidine rings is 1. The lowest BCUT2D eigenvalue weighted by atomic mass is 9.69. The molecule has 5 heteroatoms. The summed E-state index contributed by atoms with van der Waals surface area (Å²) in [7, 11) is 1.60. The largest absolute Gasteiger partial charge is 0.497 e. The van der Waals surface area contributed by atoms with Gasteiger partial charge in [-0.05, 0) is 62.6 Å². The highest BCUT2D eigenvalue weighted by Gasteiger charge is 2.45. The number of amides is 2. The minimum absolute atomic E-state index is 0.0844. The molecule has 2 aliphatic carbocycles. The van der Waals surface area contributed by atoms with Gasteiger partial charge in [0.2, 0.25) is 5.91 Å². The maximum Gasteiger partial charge on any atom is 0.251 e. The third-order valence-electron chi connectivity index (χ3n) is 6.21. The molecule has 27 heavy (non-hydrogen) atoms. The molecule has 0 spiro atoms. The van der Waals surface area contributed by atoms with Gasteiger partial charge in [-0.25, -0.2) is 0 Å². The van der Waals surface area contributed by atoms with Crippen LogP contribution in [0.4, 0.5) is 0 Å². The number of rotatable bonds is 6. The molecule has 3 aliphatic rings. The first kappa shape index (κ1) is 18.1. The first-order valence-electron chi connectivity index (χ1n) is 10.0. The SMILES string of the molecule is COc1cccc(C(=O)NC[C@@]23CCCC=C2N(CC2CC2)C(=O)CC3)c1. The van der Waals surface area contributed by atoms with Gasteiger partial charge in [-0.1, -0.05) is 12.1 Å². The molecule has 4 rings (SSSR count). The summed E-state index contributed by atoms with van der Waals surface area (Å²) in [5.74, 6) is 1.51. The minimum atomic E-state index is -0.102. The molecule has 0 unspecified atom stereocenters. The molecule has 0 aromatic heterocycles. The Labute approximate surface area is 160 Å². The van der Waals surface area contributed by atoms with Crippen LogP contribution in [0.15, 0.2) is 36.0 Å². The number of hydrogen-bond acceptors (Lipinski definition) is 3. The third kappa shape index (κ3) is 3.73. The summed E-state index contributed by atoms with van der Waals surface area (Å²) in [6.07, 6.45) is 9.30. The van der Waals surface area contributed by atoms with E-state index in [1.807, 2.05) is 17.0 Å². The minimum Gasteiger partial charge on any atom is -0.497 e. The zero-order chi connectivity index (χ0) is 18.9. The van der Waals surface area contributed by atoms with Crippen molar-refractivity contribution in [3.05, 3.63) is 41.6 Å². The lowest BCUT2D eigenvalue weighted by molar-refractivity contribution is -0.134. The van der Waals surface area contributed by atoms with Crippen molar-refractivity contribution in [2.24, 2.45) is 11.3 Å². The lowest BCUT2D eigenvalue weighted by Gasteiger charge is -2.47. The molecule has 2 fully saturated rings. The van der Waals surface area contributed by atoms with Crippen molar-refractivity contribution in [1.29, 1.82) is 0 Å². The zero-order valence-electron chi connectivity index (χ0n) is 16.0. The summed E-state index contributed by atoms with van der Waals surface area (Å²) in [6.45, 7) is 1.44. The van der Waals surface area contributed by atoms with Crippen LogP contribution in [-0.2, 0) is 4.79 Å². The monoisotopic (exact) mass is 368 g/mol. The maximum atomic E-state index is 12.7. The van der Waals surface area contributed by atoms with E-state index in [9.17, 15) is 9.59 Å². The van der Waals surface area contributed by atoms with E-state index in [2.05, 4.69) is 11.4 Å². The number of methoxy groups -OCH3 is 1. The van der Waals surface area contributed by atoms with Gasteiger partial charge in [-0.15, -0.1) is 0 Å². The second-order valence-electron chi connectivity index (χ2n) is 8.12. The van der Waals surface area contributed by atoms with Crippen LogP contribution in [0.1, 0.15) is 55.3 Å². The van der Waals surface area contributed by atoms with Gasteiger partial charge in [0.1, 0.15) is 5.75 Å². The quantitative estimate of drug-likeness (QED) is 0.836. The molecule has 144 valence electrons. The summed E-state index contributed by atoms with van der Waals surface area (Å²) in [5, 5.41) is 3.14. The standard InChI is InChI=1S/C22H28N2O3/c1-27-18-6-4-5-17(13-18)21(26)23-15-22-11-3-2-7-19(22)24(14-16-8-9-16)20(25)10-12-22/h4-7,13,16H,2-3,8-12,14-15H2,1H3,(H,23,26)/t22-/m0/s1. The van der Waals surface area contributed by atoms with Gasteiger partial charge in [0.25, 0.3) is 5.91 Å². The van der Waals surface area contributed by atoms with Crippen molar-refractivity contribution in [3.8, 4) is 5.75 Å². The molecule has 1 aliphatic heterocycles. The van der Waals surface area contributed by atoms with Crippen molar-refractivity contribution < 1.29 is 14.3 Å². The van der Waals surface area contributed by atoms with E-state index in [0.29, 0.717) is 30.2 Å². The molecule has 1 heterocycles. The number of fused-ring (bicyclic) bond motifs is 1. The number of benzene rings is 1. The van der Waals surface area contributed by atoms with Crippen LogP contribution in [0, 0.1) is 11.3 Å². The summed E-state index contributed by atoms with van der Waals surface area (Å²) < 4.78 is 5.22. The Morgan fingerprint density at radius 2 is 2.19 bits per heavy atom. The molecule has 0 radical (unpaired) electrons. The molecule has 1 aromatic rings. The number of allylic oxidation sites excluding steroid dienone is 1. The number of ether oxygens (including phenoxy) is 1. The second kappa shape index (κ2) is 7.37. The Bertz CT molecular complexity index is 769. The molecule has 1 aromatic carbocycles. The fourth-order valence-electron chi connectivity index (χ4n) is 4.43. The van der Waals surface area contributed by atoms with Gasteiger partial charge in [0.15, 0.2) is 0 Å². The highest BCUT2D eigenvalue weighted by molar-refractivity contribution is 5.94. The van der Waals surface area contributed by atoms with Crippen LogP contribution < -0.4 is 10.1 Å². The first-order chi connectivity index (χ1) is 13.1. The van der Waals surface area contributed by atoms with Crippen molar-refractivity contribution >= 4 is 11.8 Å². The fourth-order valence-corrected chi connectivity index (χ4v) is 4.43. The third-order valence-corrected chi connectivity index (χ3v) is 6.21. The van der Waals surface area contributed by atoms with Crippen LogP contribution in [0.3, 0.4) is 0 Å². The van der Waals surface area contributed by atoms with E-state index < -0.39 is 0 Å². The molecule has 1 N–H and O–H groups in total. The molecule has 5 nitrogen and oxygen atoms in total. The van der Waals surface area contributed by atoms with Gasteiger partial charge in [0.05, 0.1) is 7.11 Å². The Morgan fingerprint density at radius 1 is 1.33 bits per heavy atom. The molecule has 1 saturated heterocycles. The number of carbonyl (C=O) groups is 2. The number of nitrogens with one attached hydrogen (secondary N) is 1. The zero-order valence-corrected chi connectivity index (χ0v) is 16.0. The predicted molar refractivity (Wildman–Crippen MR) is 103 cm³/mol. The molecule has 0 bridgehead atoms. The smallest absolute Gasteiger partial charge is 0.251 e. The highest BCUT2D eigenvalue weighted by Crippen LogP contribution is 2.47. The Kier molecular flexibility index (Phi) is 4.94. The van der Waals surface area contributed by atoms with Gasteiger partial charge in [-0.3, -0.25) is 9.59 Å². The topological polar surface area (TPSA) is 58.6 Å². The average Bonchev–Trinajstić information content (AvgIpc) is 3.53. The molecule has 1 saturated carbocycles. The van der Waals surface area contributed by atoms with Gasteiger partial charge < -0.3 is 15.0 Å². The summed E-state index contributed by atoms with van der Waals surface area (Å²) >= 11 is 0. The van der Waals surface area contributed by atoms with Crippen LogP contribution >= 0.6 is 0 Å². The summed E-state index contributed by atoms with van der Waals surface area (Å²) in [5.41, 5.74) is 1.67. The van der Waals surface area contributed by atoms with Crippen LogP contribution in [-0.4, -0.2) is 36.9 Å². The van der Waals surface area contributed by atoms with Crippen LogP contribution in [0.5, 0.6) is 5.75 Å². The van der Waals surface area contributed by atoms with E-state index in [0.717, 1.165) is 32.2 Å². The summed E-state index contributed by atoms with van der Waals surface area (Å²) in [4.78, 5) is 27.3. The van der Waals surface area contributed by atoms with Crippen molar-refractivity contribution in [1.82, 2.24) is 10.2 Å². The summed E-state index contributed by atoms with van der Waals surface area (Å²) in [6, 6.07) is 7.22. The first-order valence-corrected chi connectivity index (χ1v) is 10.0. The Morgan fingerprint density at radius 3 is 2.96 bits per heavy atom. The van der Waals surface area contributed by atoms with E-state index in [1.165, 1.54) is 18.5 Å². The Balaban J connectivity index is 1.50. The van der Waals surface area contributed by atoms with Gasteiger partial charge in [0, 0.05) is 36.2 Å². The number of likely N-dealkylation sites (tertiary alicyclic amines) is 1. The van der Waals surface area contributed by atoms with Gasteiger partial charge in [-0.2, -0.15) is 0 Å². The number of hydrogen-bond donors (Lipinski definition) is 1. The van der Waals surface area contributed by atoms with E-state index >= 15 is 0 Å². The highest BCUT2D eigenvalue weighted by atomic mass is 16.5. The molecule has 2 amide bonds. The maximum absolute atomic E-state index is 12.7. The van der Waals surface area contributed by atoms with Crippen molar-refractivity contribution in [2.75, 3.05) is 20.2 Å². The molecular weight excluding hydrogens is 340 g/mol.